The highest BCUT2D eigenvalue weighted by molar-refractivity contribution is 7.93. The molecule has 1 saturated heterocycles. The van der Waals surface area contributed by atoms with Gasteiger partial charge in [-0.15, -0.1) is 0 Å². The topological polar surface area (TPSA) is 99.3 Å². The van der Waals surface area contributed by atoms with Crippen LogP contribution >= 0.6 is 23.2 Å². The minimum atomic E-state index is -3.86. The van der Waals surface area contributed by atoms with E-state index in [1.165, 1.54) is 6.07 Å². The van der Waals surface area contributed by atoms with Crippen molar-refractivity contribution < 1.29 is 13.2 Å². The van der Waals surface area contributed by atoms with Crippen LogP contribution < -0.4 is 20.9 Å². The lowest BCUT2D eigenvalue weighted by Gasteiger charge is -2.19. The Morgan fingerprint density at radius 1 is 1.07 bits per heavy atom. The normalized spacial score (nSPS) is 19.7. The summed E-state index contributed by atoms with van der Waals surface area (Å²) in [5.41, 5.74) is 7.27. The van der Waals surface area contributed by atoms with E-state index in [1.807, 2.05) is 6.92 Å². The minimum absolute atomic E-state index is 0.159. The van der Waals surface area contributed by atoms with Gasteiger partial charge >= 0.3 is 0 Å². The molecule has 1 aliphatic heterocycles. The summed E-state index contributed by atoms with van der Waals surface area (Å²) in [7, 11) is -3.86. The van der Waals surface area contributed by atoms with E-state index >= 15 is 0 Å². The molecular formula is C17H18Cl2N4O3S. The third-order valence-electron chi connectivity index (χ3n) is 4.10. The highest BCUT2D eigenvalue weighted by Crippen LogP contribution is 2.26. The van der Waals surface area contributed by atoms with Crippen molar-refractivity contribution in [2.24, 2.45) is 5.92 Å². The van der Waals surface area contributed by atoms with Crippen LogP contribution in [-0.2, 0) is 14.8 Å². The van der Waals surface area contributed by atoms with Crippen molar-refractivity contribution in [1.29, 1.82) is 0 Å². The predicted octanol–water partition coefficient (Wildman–Crippen LogP) is 2.73. The third-order valence-corrected chi connectivity index (χ3v) is 6.48. The molecule has 0 bridgehead atoms. The van der Waals surface area contributed by atoms with Crippen LogP contribution in [0.25, 0.3) is 0 Å². The molecule has 0 aliphatic carbocycles. The Hall–Kier alpha value is -1.84. The second kappa shape index (κ2) is 8.04. The molecule has 10 heteroatoms. The molecule has 1 fully saturated rings. The van der Waals surface area contributed by atoms with Crippen LogP contribution in [0.5, 0.6) is 0 Å². The van der Waals surface area contributed by atoms with Gasteiger partial charge in [0, 0.05) is 17.9 Å². The number of hydrogen-bond donors (Lipinski definition) is 4. The highest BCUT2D eigenvalue weighted by Gasteiger charge is 2.41. The molecule has 4 N–H and O–H groups in total. The Kier molecular flexibility index (Phi) is 5.92. The monoisotopic (exact) mass is 428 g/mol. The number of amides is 1. The van der Waals surface area contributed by atoms with Crippen LogP contribution in [0.4, 0.5) is 11.4 Å². The summed E-state index contributed by atoms with van der Waals surface area (Å²) in [5, 5.41) is 2.19. The molecule has 2 aromatic rings. The Bertz CT molecular complexity index is 951. The fourth-order valence-corrected chi connectivity index (χ4v) is 4.44. The molecule has 1 aliphatic rings. The van der Waals surface area contributed by atoms with Gasteiger partial charge in [-0.3, -0.25) is 14.9 Å². The number of halogens is 2. The molecule has 0 spiro atoms. The van der Waals surface area contributed by atoms with Gasteiger partial charge in [-0.2, -0.15) is 0 Å². The number of hydrazine groups is 1. The average molecular weight is 429 g/mol. The SMILES string of the molecule is Cc1ccc(NS(=O)(=O)C2NNCC2C(=O)Nc2ccc(Cl)c(Cl)c2)cc1. The van der Waals surface area contributed by atoms with E-state index in [-0.39, 0.29) is 6.54 Å². The van der Waals surface area contributed by atoms with Crippen LogP contribution in [0.1, 0.15) is 5.56 Å². The molecule has 27 heavy (non-hydrogen) atoms. The van der Waals surface area contributed by atoms with Crippen LogP contribution in [0, 0.1) is 12.8 Å². The van der Waals surface area contributed by atoms with E-state index in [4.69, 9.17) is 23.2 Å². The Morgan fingerprint density at radius 3 is 2.41 bits per heavy atom. The molecule has 1 heterocycles. The zero-order chi connectivity index (χ0) is 19.6. The molecule has 1 amide bonds. The lowest BCUT2D eigenvalue weighted by atomic mass is 10.1. The predicted molar refractivity (Wildman–Crippen MR) is 107 cm³/mol. The van der Waals surface area contributed by atoms with Crippen molar-refractivity contribution in [3.63, 3.8) is 0 Å². The molecule has 0 saturated carbocycles. The van der Waals surface area contributed by atoms with E-state index in [0.717, 1.165) is 5.56 Å². The summed E-state index contributed by atoms with van der Waals surface area (Å²) >= 11 is 11.8. The van der Waals surface area contributed by atoms with Crippen molar-refractivity contribution in [2.75, 3.05) is 16.6 Å². The second-order valence-electron chi connectivity index (χ2n) is 6.18. The number of rotatable bonds is 5. The Labute approximate surface area is 167 Å². The molecule has 0 radical (unpaired) electrons. The smallest absolute Gasteiger partial charge is 0.250 e. The van der Waals surface area contributed by atoms with E-state index in [9.17, 15) is 13.2 Å². The molecule has 3 rings (SSSR count). The number of benzene rings is 2. The zero-order valence-electron chi connectivity index (χ0n) is 14.3. The van der Waals surface area contributed by atoms with Crippen molar-refractivity contribution in [3.8, 4) is 0 Å². The molecule has 144 valence electrons. The van der Waals surface area contributed by atoms with E-state index in [0.29, 0.717) is 21.4 Å². The number of anilines is 2. The lowest BCUT2D eigenvalue weighted by molar-refractivity contribution is -0.119. The standard InChI is InChI=1S/C17H18Cl2N4O3S/c1-10-2-4-11(5-3-10)23-27(25,26)17-13(9-20-22-17)16(24)21-12-6-7-14(18)15(19)8-12/h2-8,13,17,20,22-23H,9H2,1H3,(H,21,24). The Balaban J connectivity index is 1.74. The third kappa shape index (κ3) is 4.72. The van der Waals surface area contributed by atoms with Crippen LogP contribution in [0.15, 0.2) is 42.5 Å². The second-order valence-corrected chi connectivity index (χ2v) is 8.80. The van der Waals surface area contributed by atoms with Gasteiger partial charge < -0.3 is 5.32 Å². The van der Waals surface area contributed by atoms with Gasteiger partial charge in [0.2, 0.25) is 5.91 Å². The summed E-state index contributed by atoms with van der Waals surface area (Å²) in [5.74, 6) is -1.30. The number of sulfonamides is 1. The van der Waals surface area contributed by atoms with Crippen molar-refractivity contribution in [3.05, 3.63) is 58.1 Å². The van der Waals surface area contributed by atoms with Crippen molar-refractivity contribution >= 4 is 50.5 Å². The maximum absolute atomic E-state index is 12.7. The van der Waals surface area contributed by atoms with Gasteiger partial charge in [0.25, 0.3) is 10.0 Å². The number of nitrogens with one attached hydrogen (secondary N) is 4. The van der Waals surface area contributed by atoms with Crippen LogP contribution in [0.2, 0.25) is 10.0 Å². The van der Waals surface area contributed by atoms with Crippen molar-refractivity contribution in [2.45, 2.75) is 12.3 Å². The summed E-state index contributed by atoms with van der Waals surface area (Å²) in [6, 6.07) is 11.6. The van der Waals surface area contributed by atoms with Crippen LogP contribution in [0.3, 0.4) is 0 Å². The van der Waals surface area contributed by atoms with Gasteiger partial charge in [0.1, 0.15) is 0 Å². The first-order valence-electron chi connectivity index (χ1n) is 8.09. The van der Waals surface area contributed by atoms with Gasteiger partial charge in [0.05, 0.1) is 16.0 Å². The first kappa shape index (κ1) is 19.9. The number of aryl methyl sites for hydroxylation is 1. The summed E-state index contributed by atoms with van der Waals surface area (Å²) in [4.78, 5) is 12.6. The number of carbonyl (C=O) groups is 1. The first-order valence-corrected chi connectivity index (χ1v) is 10.4. The summed E-state index contributed by atoms with van der Waals surface area (Å²) < 4.78 is 27.9. The molecule has 7 nitrogen and oxygen atoms in total. The fourth-order valence-electron chi connectivity index (χ4n) is 2.66. The molecule has 0 aromatic heterocycles. The van der Waals surface area contributed by atoms with Gasteiger partial charge in [0.15, 0.2) is 5.37 Å². The average Bonchev–Trinajstić information content (AvgIpc) is 3.11. The van der Waals surface area contributed by atoms with Crippen molar-refractivity contribution in [1.82, 2.24) is 10.9 Å². The lowest BCUT2D eigenvalue weighted by Crippen LogP contribution is -2.45. The van der Waals surface area contributed by atoms with E-state index in [2.05, 4.69) is 20.9 Å². The first-order chi connectivity index (χ1) is 12.8. The Morgan fingerprint density at radius 2 is 1.74 bits per heavy atom. The summed E-state index contributed by atoms with van der Waals surface area (Å²) in [6.07, 6.45) is 0. The highest BCUT2D eigenvalue weighted by atomic mass is 35.5. The molecular weight excluding hydrogens is 411 g/mol. The molecule has 2 unspecified atom stereocenters. The number of hydrogen-bond acceptors (Lipinski definition) is 5. The van der Waals surface area contributed by atoms with E-state index in [1.54, 1.807) is 36.4 Å². The largest absolute Gasteiger partial charge is 0.326 e. The molecule has 2 aromatic carbocycles. The quantitative estimate of drug-likeness (QED) is 0.586. The fraction of sp³-hybridized carbons (Fsp3) is 0.235. The number of carbonyl (C=O) groups excluding carboxylic acids is 1. The maximum Gasteiger partial charge on any atom is 0.250 e. The zero-order valence-corrected chi connectivity index (χ0v) is 16.6. The molecule has 2 atom stereocenters. The van der Waals surface area contributed by atoms with Gasteiger partial charge in [-0.05, 0) is 37.3 Å². The van der Waals surface area contributed by atoms with Gasteiger partial charge in [-0.25, -0.2) is 13.8 Å². The van der Waals surface area contributed by atoms with Crippen LogP contribution in [-0.4, -0.2) is 26.2 Å². The maximum atomic E-state index is 12.7. The summed E-state index contributed by atoms with van der Waals surface area (Å²) in [6.45, 7) is 2.07. The van der Waals surface area contributed by atoms with E-state index < -0.39 is 27.2 Å². The minimum Gasteiger partial charge on any atom is -0.326 e. The van der Waals surface area contributed by atoms with Gasteiger partial charge in [-0.1, -0.05) is 40.9 Å².